The van der Waals surface area contributed by atoms with E-state index in [2.05, 4.69) is 10.1 Å². The summed E-state index contributed by atoms with van der Waals surface area (Å²) < 4.78 is 0. The first-order chi connectivity index (χ1) is 4.75. The van der Waals surface area contributed by atoms with Gasteiger partial charge >= 0.3 is 0 Å². The molecule has 0 fully saturated rings. The van der Waals surface area contributed by atoms with E-state index in [-0.39, 0.29) is 5.82 Å². The van der Waals surface area contributed by atoms with Gasteiger partial charge in [0.2, 0.25) is 11.2 Å². The van der Waals surface area contributed by atoms with E-state index in [1.54, 1.807) is 0 Å². The van der Waals surface area contributed by atoms with Crippen LogP contribution in [0.5, 0.6) is 5.75 Å². The quantitative estimate of drug-likeness (QED) is 0.501. The Labute approximate surface area is 55.8 Å². The van der Waals surface area contributed by atoms with Gasteiger partial charge in [-0.1, -0.05) is 0 Å². The second-order valence-corrected chi connectivity index (χ2v) is 1.65. The number of nitrogens with one attached hydrogen (secondary N) is 2. The van der Waals surface area contributed by atoms with Crippen molar-refractivity contribution < 1.29 is 5.11 Å². The fourth-order valence-corrected chi connectivity index (χ4v) is 0.546. The van der Waals surface area contributed by atoms with E-state index in [0.717, 1.165) is 6.07 Å². The Kier molecular flexibility index (Phi) is 1.49. The summed E-state index contributed by atoms with van der Waals surface area (Å²) in [5, 5.41) is 11.7. The van der Waals surface area contributed by atoms with Gasteiger partial charge in [-0.25, -0.2) is 5.53 Å². The van der Waals surface area contributed by atoms with Crippen LogP contribution in [0.1, 0.15) is 0 Å². The van der Waals surface area contributed by atoms with Gasteiger partial charge in [0.05, 0.1) is 0 Å². The average Bonchev–Trinajstić information content (AvgIpc) is 1.95. The molecule has 0 saturated heterocycles. The molecular formula is C5H5N3O2. The van der Waals surface area contributed by atoms with Crippen LogP contribution in [-0.4, -0.2) is 10.1 Å². The smallest absolute Gasteiger partial charge is 0.225 e. The number of nitrogens with zero attached hydrogens (tertiary/aromatic N) is 1. The van der Waals surface area contributed by atoms with Gasteiger partial charge in [-0.2, -0.15) is 0 Å². The monoisotopic (exact) mass is 139 g/mol. The lowest BCUT2D eigenvalue weighted by Crippen LogP contribution is -1.97. The highest BCUT2D eigenvalue weighted by molar-refractivity contribution is 5.41. The molecular weight excluding hydrogens is 134 g/mol. The Morgan fingerprint density at radius 2 is 2.40 bits per heavy atom. The first-order valence-electron chi connectivity index (χ1n) is 2.54. The van der Waals surface area contributed by atoms with E-state index in [1.165, 1.54) is 6.20 Å². The normalized spacial score (nSPS) is 9.20. The molecule has 5 heteroatoms. The van der Waals surface area contributed by atoms with Crippen LogP contribution in [0.15, 0.2) is 22.2 Å². The molecule has 1 aromatic heterocycles. The van der Waals surface area contributed by atoms with E-state index in [4.69, 9.17) is 10.6 Å². The van der Waals surface area contributed by atoms with Crippen molar-refractivity contribution in [2.75, 3.05) is 0 Å². The maximum atomic E-state index is 10.6. The molecule has 0 aliphatic carbocycles. The van der Waals surface area contributed by atoms with Crippen LogP contribution in [-0.2, 0) is 0 Å². The van der Waals surface area contributed by atoms with Crippen LogP contribution in [0.25, 0.3) is 0 Å². The second kappa shape index (κ2) is 2.30. The molecule has 0 spiro atoms. The highest BCUT2D eigenvalue weighted by Gasteiger charge is 2.00. The van der Waals surface area contributed by atoms with Crippen molar-refractivity contribution in [3.8, 4) is 5.75 Å². The summed E-state index contributed by atoms with van der Waals surface area (Å²) >= 11 is 0. The predicted octanol–water partition coefficient (Wildman–Crippen LogP) is 0.743. The van der Waals surface area contributed by atoms with Gasteiger partial charge in [-0.15, -0.1) is 5.11 Å². The summed E-state index contributed by atoms with van der Waals surface area (Å²) in [6, 6.07) is 1.16. The average molecular weight is 139 g/mol. The molecule has 0 aromatic carbocycles. The highest BCUT2D eigenvalue weighted by Crippen LogP contribution is 2.15. The van der Waals surface area contributed by atoms with Gasteiger partial charge in [-0.05, 0) is 0 Å². The Hall–Kier alpha value is -1.65. The van der Waals surface area contributed by atoms with Crippen LogP contribution in [0, 0.1) is 5.53 Å². The molecule has 52 valence electrons. The standard InChI is InChI=1S/C5H5N3O2/c6-8-5-4(10)3(9)1-2-7-5/h1-2,6,10H,(H,7,9). The van der Waals surface area contributed by atoms with Gasteiger partial charge in [0, 0.05) is 12.3 Å². The van der Waals surface area contributed by atoms with Gasteiger partial charge < -0.3 is 10.1 Å². The third-order valence-corrected chi connectivity index (χ3v) is 1.02. The number of pyridine rings is 1. The fraction of sp³-hybridized carbons (Fsp3) is 0. The van der Waals surface area contributed by atoms with Crippen molar-refractivity contribution in [2.45, 2.75) is 0 Å². The van der Waals surface area contributed by atoms with Crippen molar-refractivity contribution in [2.24, 2.45) is 5.11 Å². The van der Waals surface area contributed by atoms with Crippen molar-refractivity contribution in [3.05, 3.63) is 22.5 Å². The lowest BCUT2D eigenvalue weighted by Gasteiger charge is -1.91. The molecule has 10 heavy (non-hydrogen) atoms. The Morgan fingerprint density at radius 3 is 2.90 bits per heavy atom. The first-order valence-corrected chi connectivity index (χ1v) is 2.54. The molecule has 0 aliphatic rings. The molecule has 0 amide bonds. The van der Waals surface area contributed by atoms with Crippen molar-refractivity contribution >= 4 is 5.82 Å². The minimum atomic E-state index is -0.537. The Bertz CT molecular complexity index is 304. The van der Waals surface area contributed by atoms with Gasteiger partial charge in [0.25, 0.3) is 0 Å². The van der Waals surface area contributed by atoms with Gasteiger partial charge in [-0.3, -0.25) is 4.79 Å². The number of aromatic nitrogens is 1. The number of aromatic amines is 1. The molecule has 0 unspecified atom stereocenters. The minimum absolute atomic E-state index is 0.118. The van der Waals surface area contributed by atoms with Crippen molar-refractivity contribution in [3.63, 3.8) is 0 Å². The molecule has 5 nitrogen and oxygen atoms in total. The molecule has 0 aliphatic heterocycles. The van der Waals surface area contributed by atoms with E-state index in [1.807, 2.05) is 0 Å². The van der Waals surface area contributed by atoms with Crippen LogP contribution in [0.2, 0.25) is 0 Å². The molecule has 0 radical (unpaired) electrons. The maximum absolute atomic E-state index is 10.6. The van der Waals surface area contributed by atoms with E-state index >= 15 is 0 Å². The number of rotatable bonds is 1. The zero-order valence-electron chi connectivity index (χ0n) is 4.96. The number of hydrogen-bond donors (Lipinski definition) is 3. The summed E-state index contributed by atoms with van der Waals surface area (Å²) in [5.74, 6) is -0.634. The summed E-state index contributed by atoms with van der Waals surface area (Å²) in [6.45, 7) is 0. The number of hydrogen-bond acceptors (Lipinski definition) is 4. The number of H-pyrrole nitrogens is 1. The molecule has 0 atom stereocenters. The van der Waals surface area contributed by atoms with Gasteiger partial charge in [0.1, 0.15) is 0 Å². The number of aromatic hydroxyl groups is 1. The van der Waals surface area contributed by atoms with Crippen molar-refractivity contribution in [1.82, 2.24) is 4.98 Å². The van der Waals surface area contributed by atoms with Crippen molar-refractivity contribution in [1.29, 1.82) is 5.53 Å². The first kappa shape index (κ1) is 6.47. The fourth-order valence-electron chi connectivity index (χ4n) is 0.546. The zero-order chi connectivity index (χ0) is 7.56. The molecule has 1 heterocycles. The highest BCUT2D eigenvalue weighted by atomic mass is 16.3. The second-order valence-electron chi connectivity index (χ2n) is 1.65. The van der Waals surface area contributed by atoms with E-state index in [0.29, 0.717) is 0 Å². The largest absolute Gasteiger partial charge is 0.502 e. The molecule has 3 N–H and O–H groups in total. The molecule has 0 saturated carbocycles. The van der Waals surface area contributed by atoms with E-state index in [9.17, 15) is 4.79 Å². The Morgan fingerprint density at radius 1 is 1.70 bits per heavy atom. The molecule has 1 rings (SSSR count). The topological polar surface area (TPSA) is 89.3 Å². The summed E-state index contributed by atoms with van der Waals surface area (Å²) in [7, 11) is 0. The predicted molar refractivity (Wildman–Crippen MR) is 33.5 cm³/mol. The maximum Gasteiger partial charge on any atom is 0.225 e. The lowest BCUT2D eigenvalue weighted by molar-refractivity contribution is 0.468. The third-order valence-electron chi connectivity index (χ3n) is 1.02. The zero-order valence-corrected chi connectivity index (χ0v) is 4.96. The SMILES string of the molecule is N=Nc1[nH]ccc(=O)c1O. The van der Waals surface area contributed by atoms with Crippen LogP contribution >= 0.6 is 0 Å². The third kappa shape index (κ3) is 0.883. The Balaban J connectivity index is 3.41. The molecule has 1 aromatic rings. The van der Waals surface area contributed by atoms with Crippen LogP contribution < -0.4 is 5.43 Å². The summed E-state index contributed by atoms with van der Waals surface area (Å²) in [6.07, 6.45) is 1.31. The van der Waals surface area contributed by atoms with Crippen LogP contribution in [0.3, 0.4) is 0 Å². The lowest BCUT2D eigenvalue weighted by atomic mass is 10.4. The molecule has 0 bridgehead atoms. The van der Waals surface area contributed by atoms with Crippen LogP contribution in [0.4, 0.5) is 5.82 Å². The summed E-state index contributed by atoms with van der Waals surface area (Å²) in [4.78, 5) is 13.0. The van der Waals surface area contributed by atoms with Gasteiger partial charge in [0.15, 0.2) is 5.82 Å². The summed E-state index contributed by atoms with van der Waals surface area (Å²) in [5.41, 5.74) is 5.94. The van der Waals surface area contributed by atoms with E-state index < -0.39 is 11.2 Å². The minimum Gasteiger partial charge on any atom is -0.502 e.